The normalized spacial score (nSPS) is 10.2. The number of carboxylic acids is 1. The van der Waals surface area contributed by atoms with E-state index in [1.54, 1.807) is 24.3 Å². The van der Waals surface area contributed by atoms with Gasteiger partial charge in [-0.25, -0.2) is 9.48 Å². The van der Waals surface area contributed by atoms with Crippen molar-refractivity contribution >= 4 is 5.97 Å². The molecule has 0 spiro atoms. The van der Waals surface area contributed by atoms with Gasteiger partial charge in [0.05, 0.1) is 7.11 Å². The summed E-state index contributed by atoms with van der Waals surface area (Å²) in [7, 11) is 1.51. The first-order valence-electron chi connectivity index (χ1n) is 5.59. The summed E-state index contributed by atoms with van der Waals surface area (Å²) in [4.78, 5) is 35.8. The van der Waals surface area contributed by atoms with Crippen LogP contribution in [0.4, 0.5) is 0 Å². The molecule has 8 nitrogen and oxygen atoms in total. The molecule has 0 saturated heterocycles. The first-order valence-corrected chi connectivity index (χ1v) is 5.59. The molecule has 0 amide bonds. The van der Waals surface area contributed by atoms with E-state index >= 15 is 0 Å². The topological polar surface area (TPSA) is 114 Å². The van der Waals surface area contributed by atoms with Crippen molar-refractivity contribution in [2.24, 2.45) is 0 Å². The van der Waals surface area contributed by atoms with Gasteiger partial charge in [0.2, 0.25) is 0 Å². The first kappa shape index (κ1) is 13.5. The van der Waals surface area contributed by atoms with E-state index in [0.717, 1.165) is 0 Å². The molecule has 0 aliphatic rings. The van der Waals surface area contributed by atoms with Crippen LogP contribution in [0.2, 0.25) is 0 Å². The largest absolute Gasteiger partial charge is 0.497 e. The summed E-state index contributed by atoms with van der Waals surface area (Å²) in [6.45, 7) is -0.626. The zero-order chi connectivity index (χ0) is 14.7. The zero-order valence-corrected chi connectivity index (χ0v) is 10.5. The highest BCUT2D eigenvalue weighted by Gasteiger charge is 2.11. The number of hydrogen-bond donors (Lipinski definition) is 2. The average Bonchev–Trinajstić information content (AvgIpc) is 2.41. The quantitative estimate of drug-likeness (QED) is 0.792. The Kier molecular flexibility index (Phi) is 3.65. The smallest absolute Gasteiger partial charge is 0.345 e. The van der Waals surface area contributed by atoms with Crippen molar-refractivity contribution in [2.45, 2.75) is 6.54 Å². The van der Waals surface area contributed by atoms with Crippen LogP contribution in [0.1, 0.15) is 0 Å². The standard InChI is InChI=1S/C12H11N3O5/c1-20-8-4-2-7(3-5-8)10-11(18)13-12(19)15(14-10)6-9(16)17/h2-5H,6H2,1H3,(H,16,17)(H,13,18,19). The van der Waals surface area contributed by atoms with Gasteiger partial charge in [-0.2, -0.15) is 5.10 Å². The van der Waals surface area contributed by atoms with E-state index in [1.165, 1.54) is 7.11 Å². The molecule has 0 atom stereocenters. The van der Waals surface area contributed by atoms with Gasteiger partial charge in [0.15, 0.2) is 5.69 Å². The van der Waals surface area contributed by atoms with E-state index in [1.807, 2.05) is 4.98 Å². The fourth-order valence-corrected chi connectivity index (χ4v) is 1.61. The molecule has 1 heterocycles. The van der Waals surface area contributed by atoms with Gasteiger partial charge in [-0.1, -0.05) is 0 Å². The SMILES string of the molecule is COc1ccc(-c2nn(CC(=O)O)c(=O)[nH]c2=O)cc1. The van der Waals surface area contributed by atoms with E-state index in [4.69, 9.17) is 9.84 Å². The summed E-state index contributed by atoms with van der Waals surface area (Å²) in [5.41, 5.74) is -1.13. The number of benzene rings is 1. The Morgan fingerprint density at radius 1 is 1.35 bits per heavy atom. The number of ether oxygens (including phenoxy) is 1. The molecule has 2 N–H and O–H groups in total. The van der Waals surface area contributed by atoms with Crippen molar-refractivity contribution in [1.29, 1.82) is 0 Å². The number of nitrogens with zero attached hydrogens (tertiary/aromatic N) is 2. The Hall–Kier alpha value is -2.90. The van der Waals surface area contributed by atoms with Gasteiger partial charge in [0, 0.05) is 5.56 Å². The number of aliphatic carboxylic acids is 1. The summed E-state index contributed by atoms with van der Waals surface area (Å²) >= 11 is 0. The second-order valence-corrected chi connectivity index (χ2v) is 3.89. The predicted octanol–water partition coefficient (Wildman–Crippen LogP) is -0.308. The summed E-state index contributed by atoms with van der Waals surface area (Å²) in [6, 6.07) is 6.43. The molecule has 1 aromatic carbocycles. The Morgan fingerprint density at radius 2 is 2.00 bits per heavy atom. The molecule has 0 saturated carbocycles. The van der Waals surface area contributed by atoms with Gasteiger partial charge in [-0.05, 0) is 24.3 Å². The maximum Gasteiger partial charge on any atom is 0.345 e. The van der Waals surface area contributed by atoms with Crippen LogP contribution in [-0.2, 0) is 11.3 Å². The van der Waals surface area contributed by atoms with Gasteiger partial charge in [-0.15, -0.1) is 0 Å². The molecule has 0 unspecified atom stereocenters. The minimum absolute atomic E-state index is 0.0338. The number of H-pyrrole nitrogens is 1. The summed E-state index contributed by atoms with van der Waals surface area (Å²) < 4.78 is 5.68. The van der Waals surface area contributed by atoms with Crippen molar-refractivity contribution in [3.8, 4) is 17.0 Å². The van der Waals surface area contributed by atoms with Crippen LogP contribution < -0.4 is 16.0 Å². The predicted molar refractivity (Wildman–Crippen MR) is 68.7 cm³/mol. The molecule has 8 heteroatoms. The van der Waals surface area contributed by atoms with Gasteiger partial charge in [-0.3, -0.25) is 14.6 Å². The second-order valence-electron chi connectivity index (χ2n) is 3.89. The number of nitrogens with one attached hydrogen (secondary N) is 1. The Balaban J connectivity index is 2.52. The molecule has 0 radical (unpaired) electrons. The lowest BCUT2D eigenvalue weighted by Gasteiger charge is -2.05. The van der Waals surface area contributed by atoms with Crippen molar-refractivity contribution in [2.75, 3.05) is 7.11 Å². The maximum atomic E-state index is 11.7. The number of rotatable bonds is 4. The van der Waals surface area contributed by atoms with E-state index in [0.29, 0.717) is 16.0 Å². The maximum absolute atomic E-state index is 11.7. The van der Waals surface area contributed by atoms with Gasteiger partial charge >= 0.3 is 11.7 Å². The lowest BCUT2D eigenvalue weighted by Crippen LogP contribution is -2.35. The first-order chi connectivity index (χ1) is 9.51. The van der Waals surface area contributed by atoms with Crippen LogP contribution in [0.3, 0.4) is 0 Å². The average molecular weight is 277 g/mol. The molecule has 2 aromatic rings. The van der Waals surface area contributed by atoms with Gasteiger partial charge in [0.25, 0.3) is 5.56 Å². The molecular formula is C12H11N3O5. The number of carboxylic acid groups (broad SMARTS) is 1. The van der Waals surface area contributed by atoms with Crippen LogP contribution in [0.5, 0.6) is 5.75 Å². The van der Waals surface area contributed by atoms with Crippen LogP contribution in [0, 0.1) is 0 Å². The third-order valence-electron chi connectivity index (χ3n) is 2.54. The van der Waals surface area contributed by atoms with Crippen LogP contribution in [-0.4, -0.2) is 33.0 Å². The van der Waals surface area contributed by atoms with E-state index < -0.39 is 23.8 Å². The van der Waals surface area contributed by atoms with Gasteiger partial charge in [0.1, 0.15) is 12.3 Å². The minimum atomic E-state index is -1.23. The number of hydrogen-bond acceptors (Lipinski definition) is 5. The van der Waals surface area contributed by atoms with Crippen LogP contribution in [0.25, 0.3) is 11.3 Å². The molecule has 1 aromatic heterocycles. The van der Waals surface area contributed by atoms with E-state index in [2.05, 4.69) is 5.10 Å². The zero-order valence-electron chi connectivity index (χ0n) is 10.5. The number of aromatic nitrogens is 3. The second kappa shape index (κ2) is 5.39. The molecule has 104 valence electrons. The molecule has 2 rings (SSSR count). The highest BCUT2D eigenvalue weighted by atomic mass is 16.5. The van der Waals surface area contributed by atoms with Crippen molar-refractivity contribution < 1.29 is 14.6 Å². The Bertz CT molecular complexity index is 745. The van der Waals surface area contributed by atoms with E-state index in [9.17, 15) is 14.4 Å². The van der Waals surface area contributed by atoms with Crippen molar-refractivity contribution in [1.82, 2.24) is 14.8 Å². The lowest BCUT2D eigenvalue weighted by atomic mass is 10.1. The van der Waals surface area contributed by atoms with Crippen LogP contribution in [0.15, 0.2) is 33.9 Å². The number of methoxy groups -OCH3 is 1. The fraction of sp³-hybridized carbons (Fsp3) is 0.167. The number of carbonyl (C=O) groups is 1. The third kappa shape index (κ3) is 2.74. The summed E-state index contributed by atoms with van der Waals surface area (Å²) in [5.74, 6) is -0.628. The lowest BCUT2D eigenvalue weighted by molar-refractivity contribution is -0.138. The van der Waals surface area contributed by atoms with Crippen molar-refractivity contribution in [3.63, 3.8) is 0 Å². The highest BCUT2D eigenvalue weighted by Crippen LogP contribution is 2.17. The van der Waals surface area contributed by atoms with Gasteiger partial charge < -0.3 is 9.84 Å². The molecule has 20 heavy (non-hydrogen) atoms. The molecule has 0 bridgehead atoms. The fourth-order valence-electron chi connectivity index (χ4n) is 1.61. The Labute approximate surface area is 112 Å². The van der Waals surface area contributed by atoms with Crippen molar-refractivity contribution in [3.05, 3.63) is 45.1 Å². The molecule has 0 fully saturated rings. The monoisotopic (exact) mass is 277 g/mol. The summed E-state index contributed by atoms with van der Waals surface area (Å²) in [6.07, 6.45) is 0. The van der Waals surface area contributed by atoms with E-state index in [-0.39, 0.29) is 5.69 Å². The molecule has 0 aliphatic heterocycles. The Morgan fingerprint density at radius 3 is 2.55 bits per heavy atom. The minimum Gasteiger partial charge on any atom is -0.497 e. The summed E-state index contributed by atoms with van der Waals surface area (Å²) in [5, 5.41) is 12.5. The van der Waals surface area contributed by atoms with Crippen LogP contribution >= 0.6 is 0 Å². The third-order valence-corrected chi connectivity index (χ3v) is 2.54. The molecular weight excluding hydrogens is 266 g/mol. The highest BCUT2D eigenvalue weighted by molar-refractivity contribution is 5.66. The number of aromatic amines is 1. The molecule has 0 aliphatic carbocycles.